The Morgan fingerprint density at radius 1 is 1.00 bits per heavy atom. The third kappa shape index (κ3) is 3.20. The van der Waals surface area contributed by atoms with Crippen LogP contribution in [0, 0.1) is 13.8 Å². The van der Waals surface area contributed by atoms with Crippen LogP contribution in [-0.2, 0) is 0 Å². The van der Waals surface area contributed by atoms with Crippen LogP contribution in [-0.4, -0.2) is 24.5 Å². The Hall–Kier alpha value is -3.10. The second-order valence-corrected chi connectivity index (χ2v) is 8.79. The standard InChI is InChI=1S/C21H15N5OS2/c1-12-7-8-22-17(9-12)26-20(27)14-5-3-4-6-16(14)25-21(26)29-19-15-10-13(2)28-18(15)23-11-24-19/h3-11H,1-2H3. The average molecular weight is 418 g/mol. The van der Waals surface area contributed by atoms with Crippen molar-refractivity contribution < 1.29 is 0 Å². The van der Waals surface area contributed by atoms with Gasteiger partial charge in [0.2, 0.25) is 0 Å². The molecule has 0 saturated heterocycles. The van der Waals surface area contributed by atoms with Crippen molar-refractivity contribution in [1.82, 2.24) is 24.5 Å². The molecule has 4 heterocycles. The first-order valence-electron chi connectivity index (χ1n) is 8.94. The second-order valence-electron chi connectivity index (χ2n) is 6.60. The molecule has 0 aliphatic heterocycles. The van der Waals surface area contributed by atoms with Gasteiger partial charge in [-0.25, -0.2) is 24.5 Å². The summed E-state index contributed by atoms with van der Waals surface area (Å²) >= 11 is 2.97. The molecule has 1 aromatic carbocycles. The fourth-order valence-electron chi connectivity index (χ4n) is 3.15. The Morgan fingerprint density at radius 2 is 1.86 bits per heavy atom. The highest BCUT2D eigenvalue weighted by molar-refractivity contribution is 7.99. The summed E-state index contributed by atoms with van der Waals surface area (Å²) in [6.07, 6.45) is 3.25. The smallest absolute Gasteiger partial charge is 0.267 e. The monoisotopic (exact) mass is 417 g/mol. The number of aryl methyl sites for hydroxylation is 2. The van der Waals surface area contributed by atoms with Crippen LogP contribution in [0.2, 0.25) is 0 Å². The first-order valence-corrected chi connectivity index (χ1v) is 10.6. The fraction of sp³-hybridized carbons (Fsp3) is 0.0952. The minimum atomic E-state index is -0.150. The van der Waals surface area contributed by atoms with Crippen molar-refractivity contribution in [1.29, 1.82) is 0 Å². The predicted molar refractivity (Wildman–Crippen MR) is 116 cm³/mol. The molecule has 0 radical (unpaired) electrons. The topological polar surface area (TPSA) is 73.6 Å². The van der Waals surface area contributed by atoms with Crippen LogP contribution in [0.15, 0.2) is 70.0 Å². The van der Waals surface area contributed by atoms with Crippen LogP contribution in [0.5, 0.6) is 0 Å². The van der Waals surface area contributed by atoms with Gasteiger partial charge in [0.05, 0.1) is 10.9 Å². The zero-order valence-corrected chi connectivity index (χ0v) is 17.3. The van der Waals surface area contributed by atoms with Crippen molar-refractivity contribution in [3.63, 3.8) is 0 Å². The lowest BCUT2D eigenvalue weighted by Crippen LogP contribution is -2.22. The van der Waals surface area contributed by atoms with E-state index >= 15 is 0 Å². The summed E-state index contributed by atoms with van der Waals surface area (Å²) in [4.78, 5) is 33.5. The summed E-state index contributed by atoms with van der Waals surface area (Å²) < 4.78 is 1.56. The largest absolute Gasteiger partial charge is 0.268 e. The highest BCUT2D eigenvalue weighted by Crippen LogP contribution is 2.34. The SMILES string of the molecule is Cc1ccnc(-n2c(Sc3ncnc4sc(C)cc34)nc3ccccc3c2=O)c1. The molecule has 0 aliphatic rings. The van der Waals surface area contributed by atoms with Gasteiger partial charge in [0.1, 0.15) is 22.0 Å². The highest BCUT2D eigenvalue weighted by Gasteiger charge is 2.17. The molecule has 4 aromatic heterocycles. The van der Waals surface area contributed by atoms with Crippen LogP contribution >= 0.6 is 23.1 Å². The lowest BCUT2D eigenvalue weighted by molar-refractivity contribution is 0.793. The van der Waals surface area contributed by atoms with Gasteiger partial charge in [-0.2, -0.15) is 0 Å². The van der Waals surface area contributed by atoms with E-state index in [9.17, 15) is 4.79 Å². The number of hydrogen-bond donors (Lipinski definition) is 0. The molecule has 0 unspecified atom stereocenters. The molecule has 0 spiro atoms. The Kier molecular flexibility index (Phi) is 4.37. The minimum Gasteiger partial charge on any atom is -0.268 e. The number of fused-ring (bicyclic) bond motifs is 2. The summed E-state index contributed by atoms with van der Waals surface area (Å²) in [6, 6.07) is 13.2. The number of rotatable bonds is 3. The van der Waals surface area contributed by atoms with E-state index in [1.807, 2.05) is 44.2 Å². The van der Waals surface area contributed by atoms with E-state index in [-0.39, 0.29) is 5.56 Å². The molecule has 0 bridgehead atoms. The van der Waals surface area contributed by atoms with Gasteiger partial charge in [-0.15, -0.1) is 11.3 Å². The van der Waals surface area contributed by atoms with Crippen LogP contribution in [0.4, 0.5) is 0 Å². The number of para-hydroxylation sites is 1. The molecule has 0 amide bonds. The van der Waals surface area contributed by atoms with Gasteiger partial charge in [0.25, 0.3) is 5.56 Å². The van der Waals surface area contributed by atoms with Gasteiger partial charge in [-0.05, 0) is 61.5 Å². The zero-order chi connectivity index (χ0) is 20.0. The van der Waals surface area contributed by atoms with Gasteiger partial charge < -0.3 is 0 Å². The van der Waals surface area contributed by atoms with Crippen molar-refractivity contribution in [2.75, 3.05) is 0 Å². The maximum Gasteiger partial charge on any atom is 0.267 e. The molecule has 0 N–H and O–H groups in total. The lowest BCUT2D eigenvalue weighted by Gasteiger charge is -2.12. The van der Waals surface area contributed by atoms with E-state index in [1.165, 1.54) is 11.8 Å². The Balaban J connectivity index is 1.78. The molecule has 8 heteroatoms. The molecule has 5 aromatic rings. The van der Waals surface area contributed by atoms with Gasteiger partial charge in [-0.3, -0.25) is 4.79 Å². The average Bonchev–Trinajstić information content (AvgIpc) is 3.09. The highest BCUT2D eigenvalue weighted by atomic mass is 32.2. The maximum atomic E-state index is 13.4. The first-order chi connectivity index (χ1) is 14.1. The normalized spacial score (nSPS) is 11.4. The summed E-state index contributed by atoms with van der Waals surface area (Å²) in [7, 11) is 0. The zero-order valence-electron chi connectivity index (χ0n) is 15.7. The molecule has 0 fully saturated rings. The number of pyridine rings is 1. The number of aromatic nitrogens is 5. The van der Waals surface area contributed by atoms with Crippen molar-refractivity contribution in [2.24, 2.45) is 0 Å². The molecular weight excluding hydrogens is 402 g/mol. The van der Waals surface area contributed by atoms with E-state index in [0.29, 0.717) is 21.9 Å². The number of hydrogen-bond acceptors (Lipinski definition) is 7. The molecule has 0 aliphatic carbocycles. The van der Waals surface area contributed by atoms with Crippen molar-refractivity contribution in [3.05, 3.63) is 75.8 Å². The predicted octanol–water partition coefficient (Wildman–Crippen LogP) is 4.55. The Bertz CT molecular complexity index is 1440. The fourth-order valence-corrected chi connectivity index (χ4v) is 5.01. The molecule has 142 valence electrons. The number of thiophene rings is 1. The molecule has 29 heavy (non-hydrogen) atoms. The molecule has 5 rings (SSSR count). The lowest BCUT2D eigenvalue weighted by atomic mass is 10.2. The minimum absolute atomic E-state index is 0.150. The van der Waals surface area contributed by atoms with Crippen molar-refractivity contribution in [3.8, 4) is 5.82 Å². The van der Waals surface area contributed by atoms with Crippen LogP contribution in [0.1, 0.15) is 10.4 Å². The van der Waals surface area contributed by atoms with Gasteiger partial charge in [0.15, 0.2) is 5.16 Å². The first kappa shape index (κ1) is 18.0. The van der Waals surface area contributed by atoms with Crippen LogP contribution in [0.3, 0.4) is 0 Å². The van der Waals surface area contributed by atoms with Crippen molar-refractivity contribution >= 4 is 44.2 Å². The Labute approximate surface area is 174 Å². The summed E-state index contributed by atoms with van der Waals surface area (Å²) in [5, 5.41) is 2.81. The van der Waals surface area contributed by atoms with Gasteiger partial charge in [-0.1, -0.05) is 12.1 Å². The van der Waals surface area contributed by atoms with E-state index < -0.39 is 0 Å². The van der Waals surface area contributed by atoms with E-state index in [1.54, 1.807) is 34.5 Å². The van der Waals surface area contributed by atoms with Crippen molar-refractivity contribution in [2.45, 2.75) is 24.0 Å². The van der Waals surface area contributed by atoms with E-state index in [0.717, 1.165) is 25.7 Å². The van der Waals surface area contributed by atoms with Crippen LogP contribution < -0.4 is 5.56 Å². The summed E-state index contributed by atoms with van der Waals surface area (Å²) in [5.74, 6) is 0.544. The molecule has 6 nitrogen and oxygen atoms in total. The van der Waals surface area contributed by atoms with Crippen LogP contribution in [0.25, 0.3) is 26.9 Å². The van der Waals surface area contributed by atoms with E-state index in [2.05, 4.69) is 21.0 Å². The third-order valence-corrected chi connectivity index (χ3v) is 6.41. The number of benzene rings is 1. The van der Waals surface area contributed by atoms with Gasteiger partial charge in [0, 0.05) is 16.5 Å². The molecule has 0 atom stereocenters. The molecular formula is C21H15N5OS2. The van der Waals surface area contributed by atoms with Gasteiger partial charge >= 0.3 is 0 Å². The summed E-state index contributed by atoms with van der Waals surface area (Å²) in [6.45, 7) is 4.02. The number of nitrogens with zero attached hydrogens (tertiary/aromatic N) is 5. The summed E-state index contributed by atoms with van der Waals surface area (Å²) in [5.41, 5.74) is 1.52. The maximum absolute atomic E-state index is 13.4. The third-order valence-electron chi connectivity index (χ3n) is 4.48. The second kappa shape index (κ2) is 7.06. The molecule has 0 saturated carbocycles. The quantitative estimate of drug-likeness (QED) is 0.317. The van der Waals surface area contributed by atoms with E-state index in [4.69, 9.17) is 4.98 Å². The Morgan fingerprint density at radius 3 is 2.72 bits per heavy atom.